The lowest BCUT2D eigenvalue weighted by atomic mass is 10.1. The Hall–Kier alpha value is -1.33. The number of hydrogen-bond acceptors (Lipinski definition) is 2. The third-order valence-corrected chi connectivity index (χ3v) is 1.72. The molecule has 1 aromatic rings. The fraction of sp³-hybridized carbons (Fsp3) is 0.300. The molecule has 2 heteroatoms. The van der Waals surface area contributed by atoms with Gasteiger partial charge < -0.3 is 5.11 Å². The number of aryl methyl sites for hydroxylation is 2. The summed E-state index contributed by atoms with van der Waals surface area (Å²) in [5.41, 5.74) is 2.43. The van der Waals surface area contributed by atoms with E-state index in [-0.39, 0.29) is 0 Å². The van der Waals surface area contributed by atoms with Crippen molar-refractivity contribution < 1.29 is 5.11 Å². The minimum absolute atomic E-state index is 0.711. The Kier molecular flexibility index (Phi) is 2.47. The van der Waals surface area contributed by atoms with Gasteiger partial charge in [0.25, 0.3) is 0 Å². The molecular formula is C10H11NO. The van der Waals surface area contributed by atoms with Crippen LogP contribution in [0.4, 0.5) is 0 Å². The first-order chi connectivity index (χ1) is 5.65. The van der Waals surface area contributed by atoms with Crippen LogP contribution in [-0.4, -0.2) is 10.1 Å². The van der Waals surface area contributed by atoms with E-state index >= 15 is 0 Å². The van der Waals surface area contributed by atoms with E-state index in [4.69, 9.17) is 6.42 Å². The molecule has 12 heavy (non-hydrogen) atoms. The molecule has 62 valence electrons. The highest BCUT2D eigenvalue weighted by Crippen LogP contribution is 2.14. The Morgan fingerprint density at radius 2 is 2.17 bits per heavy atom. The summed E-state index contributed by atoms with van der Waals surface area (Å²) in [5.74, 6) is 2.26. The topological polar surface area (TPSA) is 33.1 Å². The van der Waals surface area contributed by atoms with Crippen molar-refractivity contribution in [1.82, 2.24) is 4.98 Å². The van der Waals surface area contributed by atoms with Gasteiger partial charge in [-0.2, -0.15) is 0 Å². The highest BCUT2D eigenvalue weighted by molar-refractivity contribution is 5.28. The summed E-state index contributed by atoms with van der Waals surface area (Å²) < 4.78 is 0. The van der Waals surface area contributed by atoms with Crippen LogP contribution in [0.2, 0.25) is 0 Å². The fourth-order valence-electron chi connectivity index (χ4n) is 1.08. The van der Waals surface area contributed by atoms with E-state index in [0.717, 1.165) is 11.4 Å². The number of aliphatic hydroxyl groups excluding tert-OH is 1. The molecule has 0 spiro atoms. The van der Waals surface area contributed by atoms with Gasteiger partial charge in [-0.1, -0.05) is 12.0 Å². The Balaban J connectivity index is 3.11. The van der Waals surface area contributed by atoms with Crippen molar-refractivity contribution >= 4 is 0 Å². The van der Waals surface area contributed by atoms with Gasteiger partial charge in [0.05, 0.1) is 0 Å². The van der Waals surface area contributed by atoms with E-state index < -0.39 is 6.10 Å². The van der Waals surface area contributed by atoms with Crippen molar-refractivity contribution in [3.63, 3.8) is 0 Å². The third kappa shape index (κ3) is 1.63. The molecule has 0 aliphatic carbocycles. The lowest BCUT2D eigenvalue weighted by Gasteiger charge is -2.06. The highest BCUT2D eigenvalue weighted by Gasteiger charge is 2.06. The summed E-state index contributed by atoms with van der Waals surface area (Å²) >= 11 is 0. The second-order valence-corrected chi connectivity index (χ2v) is 2.70. The minimum atomic E-state index is -0.835. The molecule has 1 heterocycles. The van der Waals surface area contributed by atoms with Gasteiger partial charge in [-0.15, -0.1) is 6.42 Å². The van der Waals surface area contributed by atoms with Gasteiger partial charge in [0, 0.05) is 17.0 Å². The maximum Gasteiger partial charge on any atom is 0.141 e. The van der Waals surface area contributed by atoms with E-state index in [2.05, 4.69) is 10.9 Å². The predicted octanol–water partition coefficient (Wildman–Crippen LogP) is 1.37. The Bertz CT molecular complexity index is 325. The number of terminal acetylenes is 1. The summed E-state index contributed by atoms with van der Waals surface area (Å²) in [6, 6.07) is 3.64. The van der Waals surface area contributed by atoms with Gasteiger partial charge in [-0.25, -0.2) is 0 Å². The molecule has 0 aliphatic rings. The molecule has 0 saturated heterocycles. The van der Waals surface area contributed by atoms with Crippen molar-refractivity contribution in [2.45, 2.75) is 20.0 Å². The number of nitrogens with zero attached hydrogens (tertiary/aromatic N) is 1. The van der Waals surface area contributed by atoms with Gasteiger partial charge in [-0.3, -0.25) is 4.98 Å². The normalized spacial score (nSPS) is 12.2. The van der Waals surface area contributed by atoms with Gasteiger partial charge in [0.15, 0.2) is 0 Å². The van der Waals surface area contributed by atoms with E-state index in [1.165, 1.54) is 0 Å². The average molecular weight is 161 g/mol. The summed E-state index contributed by atoms with van der Waals surface area (Å²) in [6.45, 7) is 3.74. The maximum absolute atomic E-state index is 9.32. The van der Waals surface area contributed by atoms with Crippen LogP contribution in [0.5, 0.6) is 0 Å². The second kappa shape index (κ2) is 3.38. The number of pyridine rings is 1. The summed E-state index contributed by atoms with van der Waals surface area (Å²) in [6.07, 6.45) is 4.25. The lowest BCUT2D eigenvalue weighted by Crippen LogP contribution is -1.99. The van der Waals surface area contributed by atoms with Gasteiger partial charge in [0.2, 0.25) is 0 Å². The zero-order valence-electron chi connectivity index (χ0n) is 7.20. The monoisotopic (exact) mass is 161 g/mol. The molecule has 1 unspecified atom stereocenters. The summed E-state index contributed by atoms with van der Waals surface area (Å²) in [5, 5.41) is 9.32. The van der Waals surface area contributed by atoms with Crippen molar-refractivity contribution in [3.8, 4) is 12.3 Å². The van der Waals surface area contributed by atoms with E-state index in [9.17, 15) is 5.11 Å². The molecule has 0 fully saturated rings. The van der Waals surface area contributed by atoms with Crippen molar-refractivity contribution in [2.24, 2.45) is 0 Å². The number of hydrogen-bond donors (Lipinski definition) is 1. The SMILES string of the molecule is C#CC(O)c1ccc(C)nc1C. The van der Waals surface area contributed by atoms with Crippen LogP contribution >= 0.6 is 0 Å². The molecule has 0 bridgehead atoms. The van der Waals surface area contributed by atoms with Crippen molar-refractivity contribution in [3.05, 3.63) is 29.1 Å². The number of aliphatic hydroxyl groups is 1. The summed E-state index contributed by atoms with van der Waals surface area (Å²) in [7, 11) is 0. The molecule has 1 N–H and O–H groups in total. The highest BCUT2D eigenvalue weighted by atomic mass is 16.3. The van der Waals surface area contributed by atoms with E-state index in [1.54, 1.807) is 0 Å². The second-order valence-electron chi connectivity index (χ2n) is 2.70. The molecule has 0 aliphatic heterocycles. The maximum atomic E-state index is 9.32. The molecule has 0 saturated carbocycles. The summed E-state index contributed by atoms with van der Waals surface area (Å²) in [4.78, 5) is 4.19. The van der Waals surface area contributed by atoms with Crippen LogP contribution < -0.4 is 0 Å². The van der Waals surface area contributed by atoms with Crippen molar-refractivity contribution in [2.75, 3.05) is 0 Å². The minimum Gasteiger partial charge on any atom is -0.376 e. The smallest absolute Gasteiger partial charge is 0.141 e. The Labute approximate surface area is 72.3 Å². The predicted molar refractivity (Wildman–Crippen MR) is 47.5 cm³/mol. The standard InChI is InChI=1S/C10H11NO/c1-4-10(12)9-6-5-7(2)11-8(9)3/h1,5-6,10,12H,2-3H3. The van der Waals surface area contributed by atoms with Crippen LogP contribution in [0.25, 0.3) is 0 Å². The van der Waals surface area contributed by atoms with Crippen molar-refractivity contribution in [1.29, 1.82) is 0 Å². The first-order valence-corrected chi connectivity index (χ1v) is 3.73. The van der Waals surface area contributed by atoms with Gasteiger partial charge >= 0.3 is 0 Å². The Morgan fingerprint density at radius 3 is 2.67 bits per heavy atom. The fourth-order valence-corrected chi connectivity index (χ4v) is 1.08. The van der Waals surface area contributed by atoms with E-state index in [0.29, 0.717) is 5.56 Å². The van der Waals surface area contributed by atoms with Crippen LogP contribution in [0, 0.1) is 26.2 Å². The van der Waals surface area contributed by atoms with Crippen LogP contribution in [-0.2, 0) is 0 Å². The van der Waals surface area contributed by atoms with Gasteiger partial charge in [-0.05, 0) is 19.9 Å². The largest absolute Gasteiger partial charge is 0.376 e. The molecule has 1 rings (SSSR count). The van der Waals surface area contributed by atoms with Crippen LogP contribution in [0.3, 0.4) is 0 Å². The van der Waals surface area contributed by atoms with Gasteiger partial charge in [0.1, 0.15) is 6.10 Å². The molecule has 0 amide bonds. The number of rotatable bonds is 1. The molecular weight excluding hydrogens is 150 g/mol. The zero-order valence-corrected chi connectivity index (χ0v) is 7.20. The Morgan fingerprint density at radius 1 is 1.50 bits per heavy atom. The van der Waals surface area contributed by atoms with Crippen LogP contribution in [0.15, 0.2) is 12.1 Å². The molecule has 0 aromatic carbocycles. The van der Waals surface area contributed by atoms with E-state index in [1.807, 2.05) is 26.0 Å². The lowest BCUT2D eigenvalue weighted by molar-refractivity contribution is 0.237. The third-order valence-electron chi connectivity index (χ3n) is 1.72. The number of aromatic nitrogens is 1. The molecule has 2 nitrogen and oxygen atoms in total. The quantitative estimate of drug-likeness (QED) is 0.631. The first kappa shape index (κ1) is 8.76. The molecule has 0 radical (unpaired) electrons. The van der Waals surface area contributed by atoms with Crippen LogP contribution in [0.1, 0.15) is 23.1 Å². The molecule has 1 aromatic heterocycles. The zero-order chi connectivity index (χ0) is 9.14. The molecule has 1 atom stereocenters. The first-order valence-electron chi connectivity index (χ1n) is 3.73. The average Bonchev–Trinajstić information content (AvgIpc) is 2.03.